The van der Waals surface area contributed by atoms with Crippen LogP contribution in [0, 0.1) is 5.82 Å². The molecular formula is C21H22ClFN2O2. The summed E-state index contributed by atoms with van der Waals surface area (Å²) >= 11 is 0. The minimum atomic E-state index is -0.389. The monoisotopic (exact) mass is 388 g/mol. The van der Waals surface area contributed by atoms with Gasteiger partial charge in [0, 0.05) is 29.8 Å². The molecule has 2 bridgehead atoms. The average Bonchev–Trinajstić information content (AvgIpc) is 2.94. The van der Waals surface area contributed by atoms with Gasteiger partial charge in [-0.05, 0) is 56.1 Å². The van der Waals surface area contributed by atoms with Crippen molar-refractivity contribution in [2.24, 2.45) is 0 Å². The number of hydrogen-bond acceptors (Lipinski definition) is 3. The number of nitrogens with one attached hydrogen (secondary N) is 1. The molecule has 2 atom stereocenters. The first kappa shape index (κ1) is 19.5. The highest BCUT2D eigenvalue weighted by Crippen LogP contribution is 2.30. The maximum Gasteiger partial charge on any atom is 0.255 e. The number of fused-ring (bicyclic) bond motifs is 2. The van der Waals surface area contributed by atoms with Crippen LogP contribution in [0.15, 0.2) is 48.5 Å². The molecule has 0 aromatic heterocycles. The smallest absolute Gasteiger partial charge is 0.255 e. The van der Waals surface area contributed by atoms with Gasteiger partial charge in [0.05, 0.1) is 5.56 Å². The minimum Gasteiger partial charge on any atom is -0.331 e. The summed E-state index contributed by atoms with van der Waals surface area (Å²) in [6, 6.07) is 12.8. The van der Waals surface area contributed by atoms with Gasteiger partial charge in [0.1, 0.15) is 5.82 Å². The Morgan fingerprint density at radius 3 is 2.33 bits per heavy atom. The van der Waals surface area contributed by atoms with Gasteiger partial charge in [-0.15, -0.1) is 12.4 Å². The molecule has 0 radical (unpaired) electrons. The first-order chi connectivity index (χ1) is 12.6. The zero-order valence-corrected chi connectivity index (χ0v) is 15.7. The Morgan fingerprint density at radius 1 is 0.926 bits per heavy atom. The van der Waals surface area contributed by atoms with Crippen molar-refractivity contribution in [2.75, 3.05) is 13.1 Å². The normalized spacial score (nSPS) is 21.3. The van der Waals surface area contributed by atoms with E-state index in [1.165, 1.54) is 24.3 Å². The lowest BCUT2D eigenvalue weighted by atomic mass is 9.97. The second-order valence-corrected chi connectivity index (χ2v) is 6.97. The first-order valence-corrected chi connectivity index (χ1v) is 9.08. The predicted octanol–water partition coefficient (Wildman–Crippen LogP) is 3.45. The van der Waals surface area contributed by atoms with Crippen LogP contribution in [0.1, 0.15) is 45.5 Å². The number of halogens is 2. The lowest BCUT2D eigenvalue weighted by Gasteiger charge is -2.28. The molecule has 27 heavy (non-hydrogen) atoms. The molecule has 4 rings (SSSR count). The molecule has 0 spiro atoms. The molecule has 0 saturated carbocycles. The van der Waals surface area contributed by atoms with Crippen molar-refractivity contribution in [3.05, 3.63) is 71.0 Å². The van der Waals surface area contributed by atoms with Gasteiger partial charge in [0.15, 0.2) is 5.78 Å². The molecule has 2 heterocycles. The summed E-state index contributed by atoms with van der Waals surface area (Å²) in [5.41, 5.74) is 1.19. The fourth-order valence-electron chi connectivity index (χ4n) is 4.08. The third kappa shape index (κ3) is 3.75. The highest BCUT2D eigenvalue weighted by atomic mass is 35.5. The van der Waals surface area contributed by atoms with Crippen molar-refractivity contribution in [2.45, 2.75) is 31.3 Å². The summed E-state index contributed by atoms with van der Waals surface area (Å²) in [6.07, 6.45) is 2.96. The van der Waals surface area contributed by atoms with Gasteiger partial charge in [-0.2, -0.15) is 0 Å². The summed E-state index contributed by atoms with van der Waals surface area (Å²) in [7, 11) is 0. The van der Waals surface area contributed by atoms with Gasteiger partial charge >= 0.3 is 0 Å². The number of rotatable bonds is 3. The van der Waals surface area contributed by atoms with E-state index >= 15 is 0 Å². The Morgan fingerprint density at radius 2 is 1.59 bits per heavy atom. The van der Waals surface area contributed by atoms with Crippen LogP contribution in [0.3, 0.4) is 0 Å². The van der Waals surface area contributed by atoms with E-state index in [0.29, 0.717) is 16.7 Å². The topological polar surface area (TPSA) is 49.4 Å². The number of hydrogen-bond donors (Lipinski definition) is 1. The summed E-state index contributed by atoms with van der Waals surface area (Å²) in [6.45, 7) is 1.72. The van der Waals surface area contributed by atoms with Crippen molar-refractivity contribution in [3.63, 3.8) is 0 Å². The molecule has 6 heteroatoms. The number of nitrogens with zero attached hydrogens (tertiary/aromatic N) is 1. The predicted molar refractivity (Wildman–Crippen MR) is 104 cm³/mol. The van der Waals surface area contributed by atoms with E-state index in [9.17, 15) is 14.0 Å². The number of benzene rings is 2. The van der Waals surface area contributed by atoms with Crippen LogP contribution in [-0.4, -0.2) is 41.8 Å². The molecule has 2 aliphatic rings. The Labute approximate surface area is 164 Å². The summed E-state index contributed by atoms with van der Waals surface area (Å²) < 4.78 is 13.2. The van der Waals surface area contributed by atoms with Crippen LogP contribution in [-0.2, 0) is 0 Å². The molecular weight excluding hydrogens is 367 g/mol. The van der Waals surface area contributed by atoms with E-state index < -0.39 is 0 Å². The molecule has 2 aliphatic heterocycles. The van der Waals surface area contributed by atoms with Crippen LogP contribution in [0.25, 0.3) is 0 Å². The highest BCUT2D eigenvalue weighted by Gasteiger charge is 2.39. The lowest BCUT2D eigenvalue weighted by molar-refractivity contribution is 0.0676. The number of carbonyl (C=O) groups excluding carboxylic acids is 2. The molecule has 4 nitrogen and oxygen atoms in total. The van der Waals surface area contributed by atoms with Gasteiger partial charge in [0.25, 0.3) is 5.91 Å². The zero-order valence-electron chi connectivity index (χ0n) is 14.9. The first-order valence-electron chi connectivity index (χ1n) is 9.08. The SMILES string of the molecule is Cl.O=C(c1ccc(F)cc1)c1ccccc1C(=O)N1C2CCNCC1CC2. The molecule has 2 aromatic carbocycles. The maximum atomic E-state index is 13.3. The van der Waals surface area contributed by atoms with Gasteiger partial charge in [-0.25, -0.2) is 4.39 Å². The second kappa shape index (κ2) is 8.19. The average molecular weight is 389 g/mol. The van der Waals surface area contributed by atoms with E-state index in [-0.39, 0.29) is 42.0 Å². The van der Waals surface area contributed by atoms with Gasteiger partial charge in [-0.1, -0.05) is 18.2 Å². The van der Waals surface area contributed by atoms with Crippen molar-refractivity contribution >= 4 is 24.1 Å². The van der Waals surface area contributed by atoms with E-state index in [4.69, 9.17) is 0 Å². The maximum absolute atomic E-state index is 13.3. The molecule has 1 N–H and O–H groups in total. The zero-order chi connectivity index (χ0) is 18.1. The summed E-state index contributed by atoms with van der Waals surface area (Å²) in [4.78, 5) is 28.2. The Kier molecular flexibility index (Phi) is 5.92. The Hall–Kier alpha value is -2.24. The third-order valence-electron chi connectivity index (χ3n) is 5.40. The third-order valence-corrected chi connectivity index (χ3v) is 5.40. The summed E-state index contributed by atoms with van der Waals surface area (Å²) in [5, 5.41) is 3.39. The van der Waals surface area contributed by atoms with E-state index in [1.54, 1.807) is 24.3 Å². The fraction of sp³-hybridized carbons (Fsp3) is 0.333. The Bertz CT molecular complexity index is 826. The van der Waals surface area contributed by atoms with Gasteiger partial charge < -0.3 is 10.2 Å². The largest absolute Gasteiger partial charge is 0.331 e. The van der Waals surface area contributed by atoms with Crippen molar-refractivity contribution < 1.29 is 14.0 Å². The van der Waals surface area contributed by atoms with Crippen LogP contribution in [0.2, 0.25) is 0 Å². The second-order valence-electron chi connectivity index (χ2n) is 6.97. The Balaban J connectivity index is 0.00000210. The van der Waals surface area contributed by atoms with Crippen LogP contribution >= 0.6 is 12.4 Å². The van der Waals surface area contributed by atoms with E-state index in [2.05, 4.69) is 5.32 Å². The number of amides is 1. The van der Waals surface area contributed by atoms with Crippen LogP contribution in [0.4, 0.5) is 4.39 Å². The van der Waals surface area contributed by atoms with Crippen molar-refractivity contribution in [3.8, 4) is 0 Å². The number of ketones is 1. The standard InChI is InChI=1S/C21H21FN2O2.ClH/c22-15-7-5-14(6-8-15)20(25)18-3-1-2-4-19(18)21(26)24-16-9-10-17(24)13-23-12-11-16;/h1-8,16-17,23H,9-13H2;1H. The molecule has 2 aromatic rings. The molecule has 2 saturated heterocycles. The summed E-state index contributed by atoms with van der Waals surface area (Å²) in [5.74, 6) is -0.721. The highest BCUT2D eigenvalue weighted by molar-refractivity contribution is 6.15. The van der Waals surface area contributed by atoms with Crippen LogP contribution < -0.4 is 5.32 Å². The van der Waals surface area contributed by atoms with Gasteiger partial charge in [0.2, 0.25) is 0 Å². The molecule has 2 fully saturated rings. The van der Waals surface area contributed by atoms with Crippen molar-refractivity contribution in [1.82, 2.24) is 10.2 Å². The van der Waals surface area contributed by atoms with E-state index in [1.807, 2.05) is 4.90 Å². The van der Waals surface area contributed by atoms with Gasteiger partial charge in [-0.3, -0.25) is 9.59 Å². The molecule has 142 valence electrons. The quantitative estimate of drug-likeness (QED) is 0.819. The lowest BCUT2D eigenvalue weighted by Crippen LogP contribution is -2.43. The number of carbonyl (C=O) groups is 2. The van der Waals surface area contributed by atoms with E-state index in [0.717, 1.165) is 32.4 Å². The van der Waals surface area contributed by atoms with Crippen LogP contribution in [0.5, 0.6) is 0 Å². The molecule has 2 unspecified atom stereocenters. The fourth-order valence-corrected chi connectivity index (χ4v) is 4.08. The molecule has 1 amide bonds. The van der Waals surface area contributed by atoms with Crippen molar-refractivity contribution in [1.29, 1.82) is 0 Å². The molecule has 0 aliphatic carbocycles. The minimum absolute atomic E-state index is 0.